The van der Waals surface area contributed by atoms with Crippen LogP contribution in [-0.2, 0) is 9.59 Å². The first-order valence-electron chi connectivity index (χ1n) is 8.76. The maximum atomic E-state index is 11.6. The fraction of sp³-hybridized carbons (Fsp3) is 0.200. The van der Waals surface area contributed by atoms with E-state index in [2.05, 4.69) is 0 Å². The third-order valence-electron chi connectivity index (χ3n) is 3.97. The number of carbonyl (C=O) groups excluding carboxylic acids is 2. The topological polar surface area (TPSA) is 213 Å². The molecule has 30 heavy (non-hydrogen) atoms. The maximum Gasteiger partial charge on any atom is 0.320 e. The molecule has 0 aliphatic rings. The van der Waals surface area contributed by atoms with Crippen molar-refractivity contribution >= 4 is 34.9 Å². The van der Waals surface area contributed by atoms with Gasteiger partial charge in [0.25, 0.3) is 0 Å². The molecule has 0 aliphatic heterocycles. The van der Waals surface area contributed by atoms with Gasteiger partial charge >= 0.3 is 11.9 Å². The number of aliphatic carboxylic acids is 2. The number of hydrogen-bond acceptors (Lipinski definition) is 8. The molecule has 0 aliphatic carbocycles. The number of nitrogen functional groups attached to an aromatic ring is 2. The minimum absolute atomic E-state index is 0.246. The minimum Gasteiger partial charge on any atom is -0.480 e. The molecule has 2 aromatic rings. The predicted octanol–water partition coefficient (Wildman–Crippen LogP) is 0.507. The number of carboxylic acid groups (broad SMARTS) is 2. The minimum atomic E-state index is -1.20. The van der Waals surface area contributed by atoms with Gasteiger partial charge in [-0.15, -0.1) is 0 Å². The van der Waals surface area contributed by atoms with Crippen LogP contribution in [0.25, 0.3) is 0 Å². The number of carbonyl (C=O) groups is 4. The van der Waals surface area contributed by atoms with Gasteiger partial charge in [0.1, 0.15) is 12.1 Å². The lowest BCUT2D eigenvalue weighted by Crippen LogP contribution is -2.32. The molecule has 2 rings (SSSR count). The first-order chi connectivity index (χ1) is 14.0. The van der Waals surface area contributed by atoms with Crippen molar-refractivity contribution in [2.75, 3.05) is 11.5 Å². The van der Waals surface area contributed by atoms with Crippen molar-refractivity contribution in [2.24, 2.45) is 11.5 Å². The van der Waals surface area contributed by atoms with Crippen LogP contribution in [0.3, 0.4) is 0 Å². The van der Waals surface area contributed by atoms with Crippen molar-refractivity contribution in [1.29, 1.82) is 0 Å². The molecular formula is C20H24N4O6. The van der Waals surface area contributed by atoms with Gasteiger partial charge in [-0.1, -0.05) is 24.3 Å². The van der Waals surface area contributed by atoms with E-state index in [1.54, 1.807) is 48.5 Å². The van der Waals surface area contributed by atoms with E-state index in [0.717, 1.165) is 0 Å². The Morgan fingerprint density at radius 1 is 0.667 bits per heavy atom. The molecule has 0 unspecified atom stereocenters. The van der Waals surface area contributed by atoms with Gasteiger partial charge < -0.3 is 33.1 Å². The highest BCUT2D eigenvalue weighted by atomic mass is 16.4. The second-order valence-electron chi connectivity index (χ2n) is 6.32. The molecule has 10 nitrogen and oxygen atoms in total. The summed E-state index contributed by atoms with van der Waals surface area (Å²) in [5.41, 5.74) is 22.9. The number of para-hydroxylation sites is 2. The first-order valence-corrected chi connectivity index (χ1v) is 8.76. The number of carboxylic acids is 2. The van der Waals surface area contributed by atoms with Gasteiger partial charge in [-0.25, -0.2) is 0 Å². The summed E-state index contributed by atoms with van der Waals surface area (Å²) >= 11 is 0. The summed E-state index contributed by atoms with van der Waals surface area (Å²) in [6.45, 7) is 0. The standard InChI is InChI=1S/2C10H12N2O3/c2*11-7-4-2-1-3-6(7)9(13)5-8(12)10(14)15/h2*1-4,8H,5,11-12H2,(H,14,15)/t2*8-/m00/s1. The summed E-state index contributed by atoms with van der Waals surface area (Å²) in [6, 6.07) is 10.6. The Bertz CT molecular complexity index is 856. The lowest BCUT2D eigenvalue weighted by molar-refractivity contribution is -0.139. The number of rotatable bonds is 8. The molecule has 0 saturated heterocycles. The number of benzene rings is 2. The van der Waals surface area contributed by atoms with Gasteiger partial charge in [0.2, 0.25) is 0 Å². The lowest BCUT2D eigenvalue weighted by Gasteiger charge is -2.07. The van der Waals surface area contributed by atoms with Gasteiger partial charge in [-0.05, 0) is 24.3 Å². The van der Waals surface area contributed by atoms with E-state index in [-0.39, 0.29) is 24.4 Å². The summed E-state index contributed by atoms with van der Waals surface area (Å²) in [5, 5.41) is 17.1. The summed E-state index contributed by atoms with van der Waals surface area (Å²) in [7, 11) is 0. The number of nitrogens with two attached hydrogens (primary N) is 4. The van der Waals surface area contributed by atoms with Crippen LogP contribution in [-0.4, -0.2) is 45.8 Å². The third kappa shape index (κ3) is 7.34. The smallest absolute Gasteiger partial charge is 0.320 e. The number of Topliss-reactive ketones (excluding diaryl/α,β-unsaturated/α-hetero) is 2. The molecule has 2 aromatic carbocycles. The monoisotopic (exact) mass is 416 g/mol. The van der Waals surface area contributed by atoms with Gasteiger partial charge in [0.15, 0.2) is 11.6 Å². The lowest BCUT2D eigenvalue weighted by atomic mass is 10.0. The molecule has 0 heterocycles. The Kier molecular flexibility index (Phi) is 9.14. The molecule has 0 fully saturated rings. The fourth-order valence-corrected chi connectivity index (χ4v) is 2.30. The average molecular weight is 416 g/mol. The summed E-state index contributed by atoms with van der Waals surface area (Å²) in [5.74, 6) is -3.11. The number of ketones is 2. The predicted molar refractivity (Wildman–Crippen MR) is 111 cm³/mol. The molecule has 0 amide bonds. The molecule has 2 atom stereocenters. The van der Waals surface area contributed by atoms with Crippen LogP contribution in [0.2, 0.25) is 0 Å². The van der Waals surface area contributed by atoms with Gasteiger partial charge in [0.05, 0.1) is 0 Å². The molecule has 10 heteroatoms. The molecular weight excluding hydrogens is 392 g/mol. The Balaban J connectivity index is 0.000000300. The van der Waals surface area contributed by atoms with Crippen molar-refractivity contribution in [3.05, 3.63) is 59.7 Å². The van der Waals surface area contributed by atoms with E-state index in [4.69, 9.17) is 33.1 Å². The Labute approximate surface area is 172 Å². The van der Waals surface area contributed by atoms with Crippen LogP contribution < -0.4 is 22.9 Å². The SMILES string of the molecule is Nc1ccccc1C(=O)C[C@H](N)C(=O)O.Nc1ccccc1C(=O)C[C@H](N)C(=O)O. The van der Waals surface area contributed by atoms with E-state index in [1.807, 2.05) is 0 Å². The molecule has 0 radical (unpaired) electrons. The molecule has 0 saturated carbocycles. The summed E-state index contributed by atoms with van der Waals surface area (Å²) in [4.78, 5) is 44.0. The van der Waals surface area contributed by atoms with E-state index in [1.165, 1.54) is 0 Å². The van der Waals surface area contributed by atoms with Crippen molar-refractivity contribution in [3.63, 3.8) is 0 Å². The maximum absolute atomic E-state index is 11.6. The quantitative estimate of drug-likeness (QED) is 0.259. The van der Waals surface area contributed by atoms with Crippen LogP contribution in [0, 0.1) is 0 Å². The van der Waals surface area contributed by atoms with Crippen LogP contribution >= 0.6 is 0 Å². The Morgan fingerprint density at radius 3 is 1.23 bits per heavy atom. The van der Waals surface area contributed by atoms with Crippen LogP contribution in [0.4, 0.5) is 11.4 Å². The molecule has 0 spiro atoms. The second-order valence-corrected chi connectivity index (χ2v) is 6.32. The van der Waals surface area contributed by atoms with E-state index >= 15 is 0 Å². The fourth-order valence-electron chi connectivity index (χ4n) is 2.30. The van der Waals surface area contributed by atoms with E-state index in [0.29, 0.717) is 22.5 Å². The molecule has 160 valence electrons. The Hall–Kier alpha value is -3.76. The number of anilines is 2. The van der Waals surface area contributed by atoms with Crippen LogP contribution in [0.1, 0.15) is 33.6 Å². The molecule has 0 aromatic heterocycles. The van der Waals surface area contributed by atoms with Gasteiger partial charge in [-0.2, -0.15) is 0 Å². The highest BCUT2D eigenvalue weighted by Gasteiger charge is 2.19. The van der Waals surface area contributed by atoms with Crippen molar-refractivity contribution < 1.29 is 29.4 Å². The summed E-state index contributed by atoms with van der Waals surface area (Å²) < 4.78 is 0. The van der Waals surface area contributed by atoms with E-state index < -0.39 is 24.0 Å². The van der Waals surface area contributed by atoms with Crippen molar-refractivity contribution in [3.8, 4) is 0 Å². The largest absolute Gasteiger partial charge is 0.480 e. The van der Waals surface area contributed by atoms with E-state index in [9.17, 15) is 19.2 Å². The second kappa shape index (κ2) is 11.3. The molecule has 0 bridgehead atoms. The number of hydrogen-bond donors (Lipinski definition) is 6. The normalized spacial score (nSPS) is 12.1. The van der Waals surface area contributed by atoms with Gasteiger partial charge in [0, 0.05) is 35.3 Å². The molecule has 10 N–H and O–H groups in total. The highest BCUT2D eigenvalue weighted by molar-refractivity contribution is 6.03. The van der Waals surface area contributed by atoms with Crippen molar-refractivity contribution in [2.45, 2.75) is 24.9 Å². The Morgan fingerprint density at radius 2 is 0.967 bits per heavy atom. The zero-order valence-corrected chi connectivity index (χ0v) is 16.0. The van der Waals surface area contributed by atoms with Crippen LogP contribution in [0.15, 0.2) is 48.5 Å². The highest BCUT2D eigenvalue weighted by Crippen LogP contribution is 2.14. The summed E-state index contributed by atoms with van der Waals surface area (Å²) in [6.07, 6.45) is -0.493. The first kappa shape index (κ1) is 24.3. The van der Waals surface area contributed by atoms with Crippen molar-refractivity contribution in [1.82, 2.24) is 0 Å². The average Bonchev–Trinajstić information content (AvgIpc) is 2.68. The van der Waals surface area contributed by atoms with Crippen LogP contribution in [0.5, 0.6) is 0 Å². The third-order valence-corrected chi connectivity index (χ3v) is 3.97. The van der Waals surface area contributed by atoms with Gasteiger partial charge in [-0.3, -0.25) is 19.2 Å². The zero-order chi connectivity index (χ0) is 22.8. The zero-order valence-electron chi connectivity index (χ0n) is 16.0.